The molecule has 0 amide bonds. The van der Waals surface area contributed by atoms with Crippen molar-refractivity contribution in [3.63, 3.8) is 0 Å². The van der Waals surface area contributed by atoms with Crippen LogP contribution in [0.3, 0.4) is 0 Å². The summed E-state index contributed by atoms with van der Waals surface area (Å²) in [5.74, 6) is -0.565. The molecule has 0 aliphatic heterocycles. The van der Waals surface area contributed by atoms with Gasteiger partial charge < -0.3 is 15.5 Å². The first-order valence-electron chi connectivity index (χ1n) is 5.20. The molecule has 0 saturated heterocycles. The Kier molecular flexibility index (Phi) is 4.44. The molecule has 92 valence electrons. The first kappa shape index (κ1) is 13.4. The van der Waals surface area contributed by atoms with Gasteiger partial charge >= 0.3 is 0 Å². The molecule has 0 atom stereocenters. The number of nitrogens with zero attached hydrogens (tertiary/aromatic N) is 1. The Hall–Kier alpha value is -1.64. The maximum absolute atomic E-state index is 13.0. The van der Waals surface area contributed by atoms with Crippen molar-refractivity contribution in [3.8, 4) is 6.07 Å². The summed E-state index contributed by atoms with van der Waals surface area (Å²) in [4.78, 5) is 0. The van der Waals surface area contributed by atoms with E-state index in [1.54, 1.807) is 13.0 Å². The second-order valence-electron chi connectivity index (χ2n) is 4.29. The second kappa shape index (κ2) is 5.62. The van der Waals surface area contributed by atoms with Crippen LogP contribution in [0.2, 0.25) is 0 Å². The van der Waals surface area contributed by atoms with Crippen LogP contribution in [-0.2, 0) is 0 Å². The molecule has 0 heterocycles. The predicted molar refractivity (Wildman–Crippen MR) is 61.9 cm³/mol. The van der Waals surface area contributed by atoms with Crippen molar-refractivity contribution in [1.82, 2.24) is 0 Å². The van der Waals surface area contributed by atoms with E-state index >= 15 is 0 Å². The van der Waals surface area contributed by atoms with Gasteiger partial charge in [-0.1, -0.05) is 6.92 Å². The predicted octanol–water partition coefficient (Wildman–Crippen LogP) is 1.10. The van der Waals surface area contributed by atoms with Crippen LogP contribution in [0.4, 0.5) is 10.1 Å². The fraction of sp³-hybridized carbons (Fsp3) is 0.417. The summed E-state index contributed by atoms with van der Waals surface area (Å²) in [7, 11) is 0. The number of aliphatic hydroxyl groups excluding tert-OH is 2. The minimum absolute atomic E-state index is 0.0373. The Bertz CT molecular complexity index is 425. The second-order valence-corrected chi connectivity index (χ2v) is 4.29. The lowest BCUT2D eigenvalue weighted by atomic mass is 9.93. The number of nitriles is 1. The van der Waals surface area contributed by atoms with Crippen molar-refractivity contribution >= 4 is 5.69 Å². The Labute approximate surface area is 99.3 Å². The number of rotatable bonds is 5. The Balaban J connectivity index is 2.74. The lowest BCUT2D eigenvalue weighted by molar-refractivity contribution is 0.0806. The summed E-state index contributed by atoms with van der Waals surface area (Å²) in [5.41, 5.74) is -0.109. The fourth-order valence-corrected chi connectivity index (χ4v) is 1.20. The molecule has 1 rings (SSSR count). The molecular formula is C12H15FN2O2. The molecule has 0 aliphatic rings. The van der Waals surface area contributed by atoms with Crippen LogP contribution in [0.15, 0.2) is 18.2 Å². The number of hydrogen-bond acceptors (Lipinski definition) is 4. The summed E-state index contributed by atoms with van der Waals surface area (Å²) in [6, 6.07) is 5.85. The molecule has 0 spiro atoms. The molecule has 3 N–H and O–H groups in total. The van der Waals surface area contributed by atoms with Crippen molar-refractivity contribution < 1.29 is 14.6 Å². The van der Waals surface area contributed by atoms with Crippen molar-refractivity contribution in [2.24, 2.45) is 5.41 Å². The highest BCUT2D eigenvalue weighted by atomic mass is 19.1. The minimum Gasteiger partial charge on any atom is -0.396 e. The maximum Gasteiger partial charge on any atom is 0.141 e. The summed E-state index contributed by atoms with van der Waals surface area (Å²) in [6.45, 7) is 1.72. The first-order chi connectivity index (χ1) is 8.04. The smallest absolute Gasteiger partial charge is 0.141 e. The van der Waals surface area contributed by atoms with E-state index in [9.17, 15) is 4.39 Å². The zero-order valence-electron chi connectivity index (χ0n) is 9.57. The van der Waals surface area contributed by atoms with Gasteiger partial charge in [-0.05, 0) is 18.2 Å². The average Bonchev–Trinajstić information content (AvgIpc) is 2.37. The minimum atomic E-state index is -0.652. The number of anilines is 1. The van der Waals surface area contributed by atoms with E-state index in [1.165, 1.54) is 18.2 Å². The largest absolute Gasteiger partial charge is 0.396 e. The van der Waals surface area contributed by atoms with E-state index in [4.69, 9.17) is 15.5 Å². The monoisotopic (exact) mass is 238 g/mol. The van der Waals surface area contributed by atoms with Gasteiger partial charge in [0.15, 0.2) is 0 Å². The van der Waals surface area contributed by atoms with Crippen LogP contribution < -0.4 is 5.32 Å². The number of benzene rings is 1. The van der Waals surface area contributed by atoms with Gasteiger partial charge in [-0.3, -0.25) is 0 Å². The van der Waals surface area contributed by atoms with Gasteiger partial charge in [0, 0.05) is 17.6 Å². The topological polar surface area (TPSA) is 76.3 Å². The molecule has 17 heavy (non-hydrogen) atoms. The fourth-order valence-electron chi connectivity index (χ4n) is 1.20. The first-order valence-corrected chi connectivity index (χ1v) is 5.20. The molecule has 4 nitrogen and oxygen atoms in total. The van der Waals surface area contributed by atoms with E-state index in [-0.39, 0.29) is 18.8 Å². The summed E-state index contributed by atoms with van der Waals surface area (Å²) in [5, 5.41) is 29.8. The standard InChI is InChI=1S/C12H15FN2O2/c1-12(7-16,8-17)6-15-10-2-3-11(13)9(4-10)5-14/h2-4,15-17H,6-8H2,1H3. The molecule has 1 aromatic rings. The van der Waals surface area contributed by atoms with Gasteiger partial charge in [0.25, 0.3) is 0 Å². The van der Waals surface area contributed by atoms with Crippen LogP contribution in [0, 0.1) is 22.6 Å². The lowest BCUT2D eigenvalue weighted by Crippen LogP contribution is -2.34. The molecular weight excluding hydrogens is 223 g/mol. The van der Waals surface area contributed by atoms with Gasteiger partial charge in [-0.2, -0.15) is 5.26 Å². The van der Waals surface area contributed by atoms with Crippen molar-refractivity contribution in [1.29, 1.82) is 5.26 Å². The average molecular weight is 238 g/mol. The van der Waals surface area contributed by atoms with E-state index in [0.29, 0.717) is 12.2 Å². The molecule has 5 heteroatoms. The molecule has 0 unspecified atom stereocenters. The number of nitrogens with one attached hydrogen (secondary N) is 1. The van der Waals surface area contributed by atoms with E-state index in [2.05, 4.69) is 5.32 Å². The highest BCUT2D eigenvalue weighted by Crippen LogP contribution is 2.18. The zero-order valence-corrected chi connectivity index (χ0v) is 9.57. The van der Waals surface area contributed by atoms with Gasteiger partial charge in [0.2, 0.25) is 0 Å². The molecule has 0 aromatic heterocycles. The van der Waals surface area contributed by atoms with Crippen molar-refractivity contribution in [3.05, 3.63) is 29.6 Å². The summed E-state index contributed by atoms with van der Waals surface area (Å²) < 4.78 is 13.0. The quantitative estimate of drug-likeness (QED) is 0.718. The third-order valence-corrected chi connectivity index (χ3v) is 2.57. The normalized spacial score (nSPS) is 11.0. The van der Waals surface area contributed by atoms with Crippen LogP contribution in [0.1, 0.15) is 12.5 Å². The van der Waals surface area contributed by atoms with E-state index < -0.39 is 11.2 Å². The summed E-state index contributed by atoms with van der Waals surface area (Å²) >= 11 is 0. The van der Waals surface area contributed by atoms with Gasteiger partial charge in [0.1, 0.15) is 11.9 Å². The molecule has 0 radical (unpaired) electrons. The third kappa shape index (κ3) is 3.41. The number of halogens is 1. The Morgan fingerprint density at radius 3 is 2.59 bits per heavy atom. The van der Waals surface area contributed by atoms with E-state index in [0.717, 1.165) is 0 Å². The molecule has 0 saturated carbocycles. The Morgan fingerprint density at radius 1 is 1.41 bits per heavy atom. The third-order valence-electron chi connectivity index (χ3n) is 2.57. The highest BCUT2D eigenvalue weighted by molar-refractivity contribution is 5.49. The van der Waals surface area contributed by atoms with Crippen LogP contribution in [0.5, 0.6) is 0 Å². The van der Waals surface area contributed by atoms with Crippen LogP contribution in [-0.4, -0.2) is 30.0 Å². The molecule has 0 aliphatic carbocycles. The number of aliphatic hydroxyl groups is 2. The van der Waals surface area contributed by atoms with E-state index in [1.807, 2.05) is 0 Å². The number of hydrogen-bond donors (Lipinski definition) is 3. The molecule has 1 aromatic carbocycles. The van der Waals surface area contributed by atoms with Crippen molar-refractivity contribution in [2.45, 2.75) is 6.92 Å². The lowest BCUT2D eigenvalue weighted by Gasteiger charge is -2.25. The maximum atomic E-state index is 13.0. The SMILES string of the molecule is CC(CO)(CO)CNc1ccc(F)c(C#N)c1. The van der Waals surface area contributed by atoms with Crippen LogP contribution >= 0.6 is 0 Å². The molecule has 0 fully saturated rings. The molecule has 0 bridgehead atoms. The highest BCUT2D eigenvalue weighted by Gasteiger charge is 2.22. The van der Waals surface area contributed by atoms with Crippen LogP contribution in [0.25, 0.3) is 0 Å². The van der Waals surface area contributed by atoms with Crippen molar-refractivity contribution in [2.75, 3.05) is 25.1 Å². The Morgan fingerprint density at radius 2 is 2.06 bits per heavy atom. The van der Waals surface area contributed by atoms with Gasteiger partial charge in [0.05, 0.1) is 18.8 Å². The van der Waals surface area contributed by atoms with Gasteiger partial charge in [-0.25, -0.2) is 4.39 Å². The zero-order chi connectivity index (χ0) is 12.9. The summed E-state index contributed by atoms with van der Waals surface area (Å²) in [6.07, 6.45) is 0. The van der Waals surface area contributed by atoms with Gasteiger partial charge in [-0.15, -0.1) is 0 Å².